The summed E-state index contributed by atoms with van der Waals surface area (Å²) in [6, 6.07) is 16.9. The lowest BCUT2D eigenvalue weighted by Gasteiger charge is -2.29. The first-order valence-corrected chi connectivity index (χ1v) is 13.0. The molecule has 0 bridgehead atoms. The second-order valence-corrected chi connectivity index (χ2v) is 9.20. The van der Waals surface area contributed by atoms with Crippen molar-refractivity contribution in [1.82, 2.24) is 0 Å². The van der Waals surface area contributed by atoms with Crippen LogP contribution in [0.1, 0.15) is 83.0 Å². The first-order valence-electron chi connectivity index (χ1n) is 13.0. The molecule has 3 nitrogen and oxygen atoms in total. The summed E-state index contributed by atoms with van der Waals surface area (Å²) in [6.45, 7) is 8.38. The Morgan fingerprint density at radius 2 is 1.45 bits per heavy atom. The lowest BCUT2D eigenvalue weighted by Crippen LogP contribution is -2.27. The van der Waals surface area contributed by atoms with E-state index in [1.54, 1.807) is 0 Å². The Morgan fingerprint density at radius 3 is 2.12 bits per heavy atom. The third-order valence-corrected chi connectivity index (χ3v) is 6.37. The zero-order valence-corrected chi connectivity index (χ0v) is 20.5. The van der Waals surface area contributed by atoms with Crippen molar-refractivity contribution in [3.05, 3.63) is 66.7 Å². The van der Waals surface area contributed by atoms with Crippen molar-refractivity contribution in [3.63, 3.8) is 0 Å². The lowest BCUT2D eigenvalue weighted by atomic mass is 10.0. The number of hydrogen-bond acceptors (Lipinski definition) is 3. The molecule has 0 N–H and O–H groups in total. The summed E-state index contributed by atoms with van der Waals surface area (Å²) in [5.41, 5.74) is 3.47. The van der Waals surface area contributed by atoms with Gasteiger partial charge in [0.15, 0.2) is 6.29 Å². The van der Waals surface area contributed by atoms with Gasteiger partial charge in [-0.05, 0) is 48.9 Å². The van der Waals surface area contributed by atoms with Gasteiger partial charge in [-0.25, -0.2) is 0 Å². The summed E-state index contributed by atoms with van der Waals surface area (Å²) < 4.78 is 17.9. The Balaban J connectivity index is 1.39. The molecule has 33 heavy (non-hydrogen) atoms. The zero-order valence-electron chi connectivity index (χ0n) is 20.5. The molecule has 0 saturated carbocycles. The van der Waals surface area contributed by atoms with Crippen molar-refractivity contribution in [1.29, 1.82) is 0 Å². The summed E-state index contributed by atoms with van der Waals surface area (Å²) in [5, 5.41) is 0. The highest BCUT2D eigenvalue weighted by atomic mass is 16.7. The molecule has 1 fully saturated rings. The molecule has 1 aliphatic heterocycles. The zero-order chi connectivity index (χ0) is 23.1. The summed E-state index contributed by atoms with van der Waals surface area (Å²) in [7, 11) is 0. The van der Waals surface area contributed by atoms with Gasteiger partial charge in [0.05, 0.1) is 19.8 Å². The number of allylic oxidation sites excluding steroid dienone is 1. The monoisotopic (exact) mass is 450 g/mol. The normalized spacial score (nSPS) is 18.2. The fraction of sp³-hybridized carbons (Fsp3) is 0.533. The van der Waals surface area contributed by atoms with Gasteiger partial charge in [-0.15, -0.1) is 6.58 Å². The van der Waals surface area contributed by atoms with Crippen LogP contribution in [0.4, 0.5) is 0 Å². The first-order chi connectivity index (χ1) is 16.3. The maximum Gasteiger partial charge on any atom is 0.183 e. The molecule has 0 unspecified atom stereocenters. The Kier molecular flexibility index (Phi) is 11.5. The van der Waals surface area contributed by atoms with E-state index in [1.165, 1.54) is 56.1 Å². The number of benzene rings is 2. The maximum atomic E-state index is 6.05. The van der Waals surface area contributed by atoms with Crippen LogP contribution in [0.3, 0.4) is 0 Å². The van der Waals surface area contributed by atoms with Gasteiger partial charge in [0.25, 0.3) is 0 Å². The van der Waals surface area contributed by atoms with E-state index in [0.29, 0.717) is 5.92 Å². The first kappa shape index (κ1) is 25.5. The van der Waals surface area contributed by atoms with Crippen LogP contribution in [0, 0.1) is 5.92 Å². The van der Waals surface area contributed by atoms with E-state index in [4.69, 9.17) is 14.2 Å². The highest BCUT2D eigenvalue weighted by molar-refractivity contribution is 5.64. The van der Waals surface area contributed by atoms with Gasteiger partial charge in [-0.3, -0.25) is 0 Å². The largest absolute Gasteiger partial charge is 0.494 e. The minimum absolute atomic E-state index is 0.239. The van der Waals surface area contributed by atoms with E-state index < -0.39 is 0 Å². The van der Waals surface area contributed by atoms with Crippen molar-refractivity contribution < 1.29 is 14.2 Å². The van der Waals surface area contributed by atoms with Gasteiger partial charge in [-0.2, -0.15) is 0 Å². The van der Waals surface area contributed by atoms with E-state index in [1.807, 2.05) is 18.2 Å². The predicted molar refractivity (Wildman–Crippen MR) is 138 cm³/mol. The van der Waals surface area contributed by atoms with Gasteiger partial charge >= 0.3 is 0 Å². The summed E-state index contributed by atoms with van der Waals surface area (Å²) in [6.07, 6.45) is 14.2. The number of ether oxygens (including phenoxy) is 3. The summed E-state index contributed by atoms with van der Waals surface area (Å²) in [4.78, 5) is 0. The third-order valence-electron chi connectivity index (χ3n) is 6.37. The summed E-state index contributed by atoms with van der Waals surface area (Å²) >= 11 is 0. The van der Waals surface area contributed by atoms with Crippen LogP contribution in [0.2, 0.25) is 0 Å². The van der Waals surface area contributed by atoms with E-state index in [-0.39, 0.29) is 6.29 Å². The molecular formula is C30H42O3. The van der Waals surface area contributed by atoms with Crippen molar-refractivity contribution in [2.24, 2.45) is 5.92 Å². The average molecular weight is 451 g/mol. The number of hydrogen-bond donors (Lipinski definition) is 0. The van der Waals surface area contributed by atoms with Gasteiger partial charge in [0.1, 0.15) is 5.75 Å². The number of unbranched alkanes of at least 4 members (excludes halogenated alkanes) is 7. The Bertz CT molecular complexity index is 773. The van der Waals surface area contributed by atoms with Gasteiger partial charge in [0, 0.05) is 11.5 Å². The van der Waals surface area contributed by atoms with Crippen LogP contribution in [-0.2, 0) is 9.47 Å². The van der Waals surface area contributed by atoms with Crippen LogP contribution in [0.25, 0.3) is 11.1 Å². The molecule has 0 aromatic heterocycles. The van der Waals surface area contributed by atoms with E-state index in [9.17, 15) is 0 Å². The Hall–Kier alpha value is -2.10. The Morgan fingerprint density at radius 1 is 0.818 bits per heavy atom. The highest BCUT2D eigenvalue weighted by Crippen LogP contribution is 2.30. The molecular weight excluding hydrogens is 408 g/mol. The van der Waals surface area contributed by atoms with E-state index in [2.05, 4.69) is 49.9 Å². The van der Waals surface area contributed by atoms with Crippen LogP contribution in [-0.4, -0.2) is 19.8 Å². The number of rotatable bonds is 15. The minimum atomic E-state index is -0.239. The predicted octanol–water partition coefficient (Wildman–Crippen LogP) is 8.50. The fourth-order valence-electron chi connectivity index (χ4n) is 4.27. The standard InChI is InChI=1S/C30H42O3/c1-3-5-7-9-10-11-13-25-23-32-30(33-24-25)28-16-14-26(15-17-28)27-18-20-29(21-19-27)31-22-12-8-6-4-2/h4,14-21,25,30H,2-3,5-13,22-24H2,1H3/t25-,30-. The van der Waals surface area contributed by atoms with Crippen LogP contribution < -0.4 is 4.74 Å². The molecule has 0 radical (unpaired) electrons. The molecule has 1 aliphatic rings. The van der Waals surface area contributed by atoms with Crippen LogP contribution >= 0.6 is 0 Å². The average Bonchev–Trinajstić information content (AvgIpc) is 2.87. The third kappa shape index (κ3) is 8.98. The van der Waals surface area contributed by atoms with Crippen molar-refractivity contribution in [2.75, 3.05) is 19.8 Å². The molecule has 180 valence electrons. The van der Waals surface area contributed by atoms with E-state index in [0.717, 1.165) is 50.4 Å². The van der Waals surface area contributed by atoms with Crippen LogP contribution in [0.15, 0.2) is 61.2 Å². The smallest absolute Gasteiger partial charge is 0.183 e. The van der Waals surface area contributed by atoms with Crippen molar-refractivity contribution >= 4 is 0 Å². The van der Waals surface area contributed by atoms with Gasteiger partial charge < -0.3 is 14.2 Å². The molecule has 0 atom stereocenters. The molecule has 2 aromatic rings. The molecule has 3 rings (SSSR count). The molecule has 1 saturated heterocycles. The van der Waals surface area contributed by atoms with Gasteiger partial charge in [0.2, 0.25) is 0 Å². The fourth-order valence-corrected chi connectivity index (χ4v) is 4.27. The Labute approximate surface area is 201 Å². The molecule has 0 spiro atoms. The topological polar surface area (TPSA) is 27.7 Å². The van der Waals surface area contributed by atoms with Gasteiger partial charge in [-0.1, -0.05) is 87.9 Å². The van der Waals surface area contributed by atoms with Crippen molar-refractivity contribution in [3.8, 4) is 16.9 Å². The maximum absolute atomic E-state index is 6.05. The summed E-state index contributed by atoms with van der Waals surface area (Å²) in [5.74, 6) is 1.46. The molecule has 0 aliphatic carbocycles. The second-order valence-electron chi connectivity index (χ2n) is 9.20. The second kappa shape index (κ2) is 14.9. The minimum Gasteiger partial charge on any atom is -0.494 e. The van der Waals surface area contributed by atoms with E-state index >= 15 is 0 Å². The quantitative estimate of drug-likeness (QED) is 0.201. The molecule has 0 amide bonds. The molecule has 1 heterocycles. The lowest BCUT2D eigenvalue weighted by molar-refractivity contribution is -0.206. The highest BCUT2D eigenvalue weighted by Gasteiger charge is 2.23. The van der Waals surface area contributed by atoms with Crippen LogP contribution in [0.5, 0.6) is 5.75 Å². The SMILES string of the molecule is C=CCCCCOc1ccc(-c2ccc([C@H]3OC[C@H](CCCCCCCC)CO3)cc2)cc1. The molecule has 3 heteroatoms. The molecule has 2 aromatic carbocycles. The van der Waals surface area contributed by atoms with Crippen molar-refractivity contribution in [2.45, 2.75) is 77.4 Å².